The molecule has 0 amide bonds. The van der Waals surface area contributed by atoms with Gasteiger partial charge >= 0.3 is 10.4 Å². The Morgan fingerprint density at radius 1 is 0.450 bits per heavy atom. The van der Waals surface area contributed by atoms with Crippen molar-refractivity contribution in [2.45, 2.75) is 147 Å². The minimum atomic E-state index is -5.36. The van der Waals surface area contributed by atoms with Crippen molar-refractivity contribution in [3.8, 4) is 0 Å². The molecule has 0 aliphatic carbocycles. The van der Waals surface area contributed by atoms with Gasteiger partial charge in [-0.15, -0.1) is 0 Å². The summed E-state index contributed by atoms with van der Waals surface area (Å²) in [7, 11) is -5.36. The Balaban J connectivity index is 1.57. The molecule has 0 aromatic rings. The molecule has 18 N–H and O–H groups in total. The fraction of sp³-hybridized carbons (Fsp3) is 1.00. The van der Waals surface area contributed by atoms with Crippen LogP contribution in [0.3, 0.4) is 0 Å². The van der Waals surface area contributed by atoms with Crippen molar-refractivity contribution in [3.63, 3.8) is 0 Å². The van der Waals surface area contributed by atoms with E-state index in [1.54, 1.807) is 0 Å². The fourth-order valence-electron chi connectivity index (χ4n) is 6.85. The first kappa shape index (κ1) is 51.5. The Kier molecular flexibility index (Phi) is 19.0. The van der Waals surface area contributed by atoms with Crippen LogP contribution in [0.1, 0.15) is 0 Å². The highest BCUT2D eigenvalue weighted by Gasteiger charge is 2.56. The Hall–Kier alpha value is -1.13. The highest BCUT2D eigenvalue weighted by atomic mass is 32.3. The predicted octanol–water partition coefficient (Wildman–Crippen LogP) is -12.5. The first-order chi connectivity index (χ1) is 28.2. The van der Waals surface area contributed by atoms with Gasteiger partial charge in [-0.25, -0.2) is 4.18 Å². The van der Waals surface area contributed by atoms with Gasteiger partial charge in [-0.05, 0) is 0 Å². The first-order valence-electron chi connectivity index (χ1n) is 18.2. The van der Waals surface area contributed by atoms with Crippen molar-refractivity contribution in [2.24, 2.45) is 0 Å². The molecule has 4 aliphatic heterocycles. The van der Waals surface area contributed by atoms with E-state index in [1.807, 2.05) is 0 Å². The third kappa shape index (κ3) is 11.6. The molecular formula is C30H54O29S. The molecule has 4 aliphatic rings. The van der Waals surface area contributed by atoms with Crippen LogP contribution in [0, 0.1) is 0 Å². The van der Waals surface area contributed by atoms with Crippen LogP contribution in [0.4, 0.5) is 0 Å². The molecule has 0 bridgehead atoms. The SMILES string of the molecule is O=S(=O)(O)O[C@H]1[C@@H](O)[C@@H](CO)O[C@@H](O[C@H]2[C@@H](O)[C@@H](CO)O[C@@H](O[C@H]3[C@@H](O)[C@@H](CO)O[C@@H](O[C@H]4[C@@H](O)[C@@H](CO)O[C@@H](O[C@@H]([C@H](O)[C@@H](O)CO)[C@H](O)CO)[C@@H]4O)[C@@H]3O)[C@@H]2O)[C@@H]1O. The standard InChI is InChI=1S/C30H54O29S/c31-1-7(37)13(39)22(8(38)2-32)55-27-18(44)23(14(40)9(3-33)51-27)56-28-19(45)24(15(41)10(4-34)52-28)57-29-20(46)25(16(42)11(5-35)53-29)58-30-21(47)26(59-60(48,49)50)17(43)12(6-36)54-30/h7-47H,1-6H2,(H,48,49,50)/t7-,8+,9+,10+,11+,12+,13+,14-,15-,16-,17-,18+,19+,20+,21+,22+,23-,24-,25-,26-,27-,28-,29-,30-/m0/s1. The highest BCUT2D eigenvalue weighted by Crippen LogP contribution is 2.35. The number of aliphatic hydroxyl groups excluding tert-OH is 17. The van der Waals surface area contributed by atoms with Gasteiger partial charge in [0.05, 0.1) is 39.6 Å². The molecule has 4 heterocycles. The van der Waals surface area contributed by atoms with E-state index in [4.69, 9.17) is 42.4 Å². The number of hydrogen-bond donors (Lipinski definition) is 18. The first-order valence-corrected chi connectivity index (χ1v) is 19.6. The Bertz CT molecular complexity index is 1400. The molecule has 24 atom stereocenters. The number of aliphatic hydroxyl groups is 17. The largest absolute Gasteiger partial charge is 0.397 e. The van der Waals surface area contributed by atoms with Crippen LogP contribution in [0.2, 0.25) is 0 Å². The summed E-state index contributed by atoms with van der Waals surface area (Å²) in [4.78, 5) is 0. The van der Waals surface area contributed by atoms with Crippen molar-refractivity contribution in [1.82, 2.24) is 0 Å². The Labute approximate surface area is 339 Å². The zero-order valence-electron chi connectivity index (χ0n) is 31.0. The minimum Gasteiger partial charge on any atom is -0.394 e. The van der Waals surface area contributed by atoms with Crippen LogP contribution in [0.5, 0.6) is 0 Å². The van der Waals surface area contributed by atoms with Crippen molar-refractivity contribution in [3.05, 3.63) is 0 Å². The second-order valence-electron chi connectivity index (χ2n) is 14.2. The molecule has 0 spiro atoms. The third-order valence-corrected chi connectivity index (χ3v) is 10.6. The molecule has 354 valence electrons. The zero-order valence-corrected chi connectivity index (χ0v) is 31.9. The normalized spacial score (nSPS) is 45.2. The molecule has 29 nitrogen and oxygen atoms in total. The molecule has 0 radical (unpaired) electrons. The van der Waals surface area contributed by atoms with Gasteiger partial charge in [-0.3, -0.25) is 4.55 Å². The molecule has 0 saturated carbocycles. The Morgan fingerprint density at radius 3 is 1.07 bits per heavy atom. The summed E-state index contributed by atoms with van der Waals surface area (Å²) in [5.74, 6) is 0. The maximum Gasteiger partial charge on any atom is 0.397 e. The number of rotatable bonds is 19. The van der Waals surface area contributed by atoms with E-state index < -0.39 is 197 Å². The summed E-state index contributed by atoms with van der Waals surface area (Å²) in [6, 6.07) is 0. The lowest BCUT2D eigenvalue weighted by atomic mass is 9.95. The molecule has 0 aromatic carbocycles. The highest BCUT2D eigenvalue weighted by molar-refractivity contribution is 7.80. The Morgan fingerprint density at radius 2 is 0.750 bits per heavy atom. The second-order valence-corrected chi connectivity index (χ2v) is 15.3. The third-order valence-electron chi connectivity index (χ3n) is 10.2. The topological polar surface area (TPSA) is 481 Å². The molecule has 0 aromatic heterocycles. The predicted molar refractivity (Wildman–Crippen MR) is 179 cm³/mol. The molecule has 0 unspecified atom stereocenters. The van der Waals surface area contributed by atoms with Crippen molar-refractivity contribution >= 4 is 10.4 Å². The lowest BCUT2D eigenvalue weighted by Crippen LogP contribution is -2.68. The number of ether oxygens (including phenoxy) is 8. The van der Waals surface area contributed by atoms with Crippen LogP contribution in [-0.4, -0.2) is 287 Å². The van der Waals surface area contributed by atoms with Crippen molar-refractivity contribution in [2.75, 3.05) is 39.6 Å². The minimum absolute atomic E-state index is 1.02. The summed E-state index contributed by atoms with van der Waals surface area (Å²) in [6.45, 7) is -6.33. The van der Waals surface area contributed by atoms with E-state index in [1.165, 1.54) is 0 Å². The maximum absolute atomic E-state index is 11.4. The van der Waals surface area contributed by atoms with Crippen LogP contribution in [0.15, 0.2) is 0 Å². The monoisotopic (exact) mass is 910 g/mol. The zero-order chi connectivity index (χ0) is 45.0. The van der Waals surface area contributed by atoms with Crippen molar-refractivity contribution in [1.29, 1.82) is 0 Å². The summed E-state index contributed by atoms with van der Waals surface area (Å²) < 4.78 is 79.9. The quantitative estimate of drug-likeness (QED) is 0.0535. The van der Waals surface area contributed by atoms with Crippen molar-refractivity contribution < 1.29 is 142 Å². The molecule has 60 heavy (non-hydrogen) atoms. The van der Waals surface area contributed by atoms with Crippen LogP contribution < -0.4 is 0 Å². The smallest absolute Gasteiger partial charge is 0.394 e. The molecule has 4 fully saturated rings. The summed E-state index contributed by atoms with van der Waals surface area (Å²) in [6.07, 6.45) is -49.4. The van der Waals surface area contributed by atoms with E-state index in [9.17, 15) is 95.2 Å². The van der Waals surface area contributed by atoms with E-state index in [0.717, 1.165) is 0 Å². The van der Waals surface area contributed by atoms with Gasteiger partial charge in [0.2, 0.25) is 0 Å². The van der Waals surface area contributed by atoms with Gasteiger partial charge in [-0.1, -0.05) is 0 Å². The lowest BCUT2D eigenvalue weighted by molar-refractivity contribution is -0.392. The molecule has 4 rings (SSSR count). The maximum atomic E-state index is 11.4. The van der Waals surface area contributed by atoms with E-state index in [0.29, 0.717) is 0 Å². The molecule has 4 saturated heterocycles. The van der Waals surface area contributed by atoms with Gasteiger partial charge in [0.25, 0.3) is 0 Å². The van der Waals surface area contributed by atoms with Crippen LogP contribution in [-0.2, 0) is 52.5 Å². The molecule has 30 heteroatoms. The van der Waals surface area contributed by atoms with Gasteiger partial charge in [0.15, 0.2) is 25.2 Å². The average molecular weight is 911 g/mol. The van der Waals surface area contributed by atoms with Crippen LogP contribution in [0.25, 0.3) is 0 Å². The summed E-state index contributed by atoms with van der Waals surface area (Å²) in [5.41, 5.74) is 0. The molecular weight excluding hydrogens is 856 g/mol. The summed E-state index contributed by atoms with van der Waals surface area (Å²) >= 11 is 0. The van der Waals surface area contributed by atoms with E-state index >= 15 is 0 Å². The van der Waals surface area contributed by atoms with Gasteiger partial charge in [-0.2, -0.15) is 8.42 Å². The van der Waals surface area contributed by atoms with Gasteiger partial charge in [0, 0.05) is 0 Å². The second kappa shape index (κ2) is 22.2. The lowest BCUT2D eigenvalue weighted by Gasteiger charge is -2.49. The average Bonchev–Trinajstić information content (AvgIpc) is 3.21. The van der Waals surface area contributed by atoms with Gasteiger partial charge < -0.3 is 125 Å². The van der Waals surface area contributed by atoms with Crippen LogP contribution >= 0.6 is 0 Å². The van der Waals surface area contributed by atoms with Gasteiger partial charge in [0.1, 0.15) is 122 Å². The fourth-order valence-corrected chi connectivity index (χ4v) is 7.36. The number of hydrogen-bond acceptors (Lipinski definition) is 28. The van der Waals surface area contributed by atoms with E-state index in [-0.39, 0.29) is 0 Å². The van der Waals surface area contributed by atoms with E-state index in [2.05, 4.69) is 4.18 Å². The summed E-state index contributed by atoms with van der Waals surface area (Å²) in [5, 5.41) is 177.